The molecule has 0 bridgehead atoms. The van der Waals surface area contributed by atoms with E-state index < -0.39 is 0 Å². The topological polar surface area (TPSA) is 51.0 Å². The predicted octanol–water partition coefficient (Wildman–Crippen LogP) is 2.05. The summed E-state index contributed by atoms with van der Waals surface area (Å²) < 4.78 is 5.33. The summed E-state index contributed by atoms with van der Waals surface area (Å²) >= 11 is 0. The minimum absolute atomic E-state index is 0.402. The number of rotatable bonds is 3. The average molecular weight is 209 g/mol. The van der Waals surface area contributed by atoms with Crippen LogP contribution in [0.5, 0.6) is 0 Å². The van der Waals surface area contributed by atoms with Gasteiger partial charge in [-0.1, -0.05) is 19.0 Å². The van der Waals surface area contributed by atoms with E-state index in [2.05, 4.69) is 29.3 Å². The summed E-state index contributed by atoms with van der Waals surface area (Å²) in [7, 11) is 0. The molecule has 1 aromatic rings. The summed E-state index contributed by atoms with van der Waals surface area (Å²) in [5.74, 6) is 2.50. The number of piperidine rings is 1. The summed E-state index contributed by atoms with van der Waals surface area (Å²) in [6.07, 6.45) is 3.42. The first-order valence-corrected chi connectivity index (χ1v) is 5.85. The molecule has 4 heteroatoms. The van der Waals surface area contributed by atoms with Crippen molar-refractivity contribution in [2.75, 3.05) is 13.1 Å². The van der Waals surface area contributed by atoms with Crippen LogP contribution in [0, 0.1) is 0 Å². The van der Waals surface area contributed by atoms with Crippen molar-refractivity contribution in [3.8, 4) is 0 Å². The molecule has 1 fully saturated rings. The number of nitrogens with one attached hydrogen (secondary N) is 1. The Morgan fingerprint density at radius 3 is 3.13 bits per heavy atom. The Labute approximate surface area is 90.4 Å². The SMILES string of the molecule is CC[C@@H](C)c1noc([C@H]2CCCNC2)n1. The fourth-order valence-corrected chi connectivity index (χ4v) is 1.86. The van der Waals surface area contributed by atoms with Crippen molar-refractivity contribution in [2.45, 2.75) is 44.9 Å². The third-order valence-corrected chi connectivity index (χ3v) is 3.16. The largest absolute Gasteiger partial charge is 0.339 e. The molecular weight excluding hydrogens is 190 g/mol. The van der Waals surface area contributed by atoms with Crippen LogP contribution >= 0.6 is 0 Å². The highest BCUT2D eigenvalue weighted by molar-refractivity contribution is 4.99. The minimum Gasteiger partial charge on any atom is -0.339 e. The summed E-state index contributed by atoms with van der Waals surface area (Å²) in [6.45, 7) is 6.36. The van der Waals surface area contributed by atoms with Crippen LogP contribution in [0.4, 0.5) is 0 Å². The van der Waals surface area contributed by atoms with Gasteiger partial charge in [-0.3, -0.25) is 0 Å². The summed E-state index contributed by atoms with van der Waals surface area (Å²) in [5.41, 5.74) is 0. The van der Waals surface area contributed by atoms with Crippen molar-refractivity contribution in [2.24, 2.45) is 0 Å². The summed E-state index contributed by atoms with van der Waals surface area (Å²) in [4.78, 5) is 4.49. The molecule has 0 saturated carbocycles. The van der Waals surface area contributed by atoms with Crippen molar-refractivity contribution >= 4 is 0 Å². The molecule has 0 unspecified atom stereocenters. The quantitative estimate of drug-likeness (QED) is 0.827. The van der Waals surface area contributed by atoms with Crippen LogP contribution in [-0.2, 0) is 0 Å². The second-order valence-corrected chi connectivity index (χ2v) is 4.34. The van der Waals surface area contributed by atoms with Crippen LogP contribution < -0.4 is 5.32 Å². The van der Waals surface area contributed by atoms with Gasteiger partial charge in [-0.15, -0.1) is 0 Å². The molecule has 84 valence electrons. The normalized spacial score (nSPS) is 24.0. The molecule has 2 rings (SSSR count). The van der Waals surface area contributed by atoms with E-state index in [0.29, 0.717) is 11.8 Å². The number of hydrogen-bond donors (Lipinski definition) is 1. The van der Waals surface area contributed by atoms with Gasteiger partial charge in [0.1, 0.15) is 0 Å². The van der Waals surface area contributed by atoms with Crippen molar-refractivity contribution in [1.82, 2.24) is 15.5 Å². The van der Waals surface area contributed by atoms with E-state index >= 15 is 0 Å². The molecular formula is C11H19N3O. The highest BCUT2D eigenvalue weighted by atomic mass is 16.5. The van der Waals surface area contributed by atoms with Gasteiger partial charge >= 0.3 is 0 Å². The first-order valence-electron chi connectivity index (χ1n) is 5.85. The van der Waals surface area contributed by atoms with E-state index in [4.69, 9.17) is 4.52 Å². The van der Waals surface area contributed by atoms with Crippen LogP contribution in [0.2, 0.25) is 0 Å². The van der Waals surface area contributed by atoms with Crippen molar-refractivity contribution in [1.29, 1.82) is 0 Å². The molecule has 0 amide bonds. The Morgan fingerprint density at radius 2 is 2.47 bits per heavy atom. The standard InChI is InChI=1S/C11H19N3O/c1-3-8(2)10-13-11(15-14-10)9-5-4-6-12-7-9/h8-9,12H,3-7H2,1-2H3/t8-,9+/m1/s1. The average Bonchev–Trinajstić information content (AvgIpc) is 2.78. The van der Waals surface area contributed by atoms with Gasteiger partial charge in [0.25, 0.3) is 0 Å². The number of hydrogen-bond acceptors (Lipinski definition) is 4. The van der Waals surface area contributed by atoms with E-state index in [1.165, 1.54) is 6.42 Å². The smallest absolute Gasteiger partial charge is 0.231 e. The molecule has 1 aliphatic rings. The highest BCUT2D eigenvalue weighted by Crippen LogP contribution is 2.23. The zero-order valence-corrected chi connectivity index (χ0v) is 9.49. The molecule has 1 N–H and O–H groups in total. The molecule has 0 aromatic carbocycles. The van der Waals surface area contributed by atoms with E-state index in [-0.39, 0.29) is 0 Å². The second kappa shape index (κ2) is 4.75. The molecule has 15 heavy (non-hydrogen) atoms. The Balaban J connectivity index is 2.05. The first kappa shape index (κ1) is 10.6. The Hall–Kier alpha value is -0.900. The lowest BCUT2D eigenvalue weighted by Crippen LogP contribution is -2.28. The molecule has 0 radical (unpaired) electrons. The first-order chi connectivity index (χ1) is 7.31. The van der Waals surface area contributed by atoms with Gasteiger partial charge in [-0.05, 0) is 25.8 Å². The second-order valence-electron chi connectivity index (χ2n) is 4.34. The van der Waals surface area contributed by atoms with E-state index in [0.717, 1.165) is 37.6 Å². The van der Waals surface area contributed by atoms with Gasteiger partial charge in [0.2, 0.25) is 5.89 Å². The maximum Gasteiger partial charge on any atom is 0.231 e. The lowest BCUT2D eigenvalue weighted by Gasteiger charge is -2.18. The fraction of sp³-hybridized carbons (Fsp3) is 0.818. The molecule has 0 aliphatic carbocycles. The third-order valence-electron chi connectivity index (χ3n) is 3.16. The number of aromatic nitrogens is 2. The number of nitrogens with zero attached hydrogens (tertiary/aromatic N) is 2. The van der Waals surface area contributed by atoms with E-state index in [1.54, 1.807) is 0 Å². The minimum atomic E-state index is 0.402. The van der Waals surface area contributed by atoms with E-state index in [1.807, 2.05) is 0 Å². The highest BCUT2D eigenvalue weighted by Gasteiger charge is 2.22. The summed E-state index contributed by atoms with van der Waals surface area (Å²) in [6, 6.07) is 0. The Morgan fingerprint density at radius 1 is 1.60 bits per heavy atom. The third kappa shape index (κ3) is 2.37. The summed E-state index contributed by atoms with van der Waals surface area (Å²) in [5, 5.41) is 7.41. The van der Waals surface area contributed by atoms with Crippen LogP contribution in [0.25, 0.3) is 0 Å². The van der Waals surface area contributed by atoms with Crippen LogP contribution in [-0.4, -0.2) is 23.2 Å². The van der Waals surface area contributed by atoms with Gasteiger partial charge < -0.3 is 9.84 Å². The Bertz CT molecular complexity index is 305. The molecule has 2 atom stereocenters. The predicted molar refractivity (Wildman–Crippen MR) is 57.8 cm³/mol. The molecule has 1 aromatic heterocycles. The van der Waals surface area contributed by atoms with Crippen molar-refractivity contribution in [3.63, 3.8) is 0 Å². The van der Waals surface area contributed by atoms with Gasteiger partial charge in [0.05, 0.1) is 5.92 Å². The van der Waals surface area contributed by atoms with Gasteiger partial charge in [-0.25, -0.2) is 0 Å². The van der Waals surface area contributed by atoms with Crippen LogP contribution in [0.15, 0.2) is 4.52 Å². The molecule has 4 nitrogen and oxygen atoms in total. The van der Waals surface area contributed by atoms with Gasteiger partial charge in [-0.2, -0.15) is 4.98 Å². The monoisotopic (exact) mass is 209 g/mol. The van der Waals surface area contributed by atoms with Crippen molar-refractivity contribution < 1.29 is 4.52 Å². The maximum absolute atomic E-state index is 5.33. The Kier molecular flexibility index (Phi) is 3.36. The van der Waals surface area contributed by atoms with Crippen LogP contribution in [0.1, 0.15) is 56.7 Å². The molecule has 1 aliphatic heterocycles. The molecule has 1 saturated heterocycles. The van der Waals surface area contributed by atoms with Gasteiger partial charge in [0, 0.05) is 12.5 Å². The van der Waals surface area contributed by atoms with E-state index in [9.17, 15) is 0 Å². The maximum atomic E-state index is 5.33. The lowest BCUT2D eigenvalue weighted by atomic mass is 10.00. The molecule has 2 heterocycles. The van der Waals surface area contributed by atoms with Crippen molar-refractivity contribution in [3.05, 3.63) is 11.7 Å². The van der Waals surface area contributed by atoms with Crippen LogP contribution in [0.3, 0.4) is 0 Å². The zero-order valence-electron chi connectivity index (χ0n) is 9.49. The zero-order chi connectivity index (χ0) is 10.7. The lowest BCUT2D eigenvalue weighted by molar-refractivity contribution is 0.319. The molecule has 0 spiro atoms. The fourth-order valence-electron chi connectivity index (χ4n) is 1.86. The van der Waals surface area contributed by atoms with Gasteiger partial charge in [0.15, 0.2) is 5.82 Å².